The third kappa shape index (κ3) is 7.01. The molecule has 0 saturated heterocycles. The van der Waals surface area contributed by atoms with Gasteiger partial charge in [0.15, 0.2) is 5.75 Å². The number of nitrogens with one attached hydrogen (secondary N) is 2. The molecule has 0 atom stereocenters. The lowest BCUT2D eigenvalue weighted by Gasteiger charge is -2.26. The summed E-state index contributed by atoms with van der Waals surface area (Å²) in [5.41, 5.74) is 0.203. The topological polar surface area (TPSA) is 114 Å². The fourth-order valence-corrected chi connectivity index (χ4v) is 3.88. The number of benzene rings is 2. The molecule has 0 bridgehead atoms. The summed E-state index contributed by atoms with van der Waals surface area (Å²) in [7, 11) is 0. The van der Waals surface area contributed by atoms with Gasteiger partial charge in [0, 0.05) is 11.7 Å². The highest BCUT2D eigenvalue weighted by Gasteiger charge is 2.23. The highest BCUT2D eigenvalue weighted by atomic mass is 35.5. The van der Waals surface area contributed by atoms with Crippen LogP contribution in [-0.2, 0) is 14.3 Å². The number of aromatic hydroxyl groups is 1. The van der Waals surface area contributed by atoms with Crippen LogP contribution in [-0.4, -0.2) is 35.5 Å². The summed E-state index contributed by atoms with van der Waals surface area (Å²) in [5, 5.41) is 15.6. The first-order valence-electron chi connectivity index (χ1n) is 10.7. The van der Waals surface area contributed by atoms with Gasteiger partial charge in [-0.05, 0) is 49.1 Å². The molecule has 0 unspecified atom stereocenters. The number of carbonyl (C=O) groups is 3. The Morgan fingerprint density at radius 1 is 1.00 bits per heavy atom. The number of phenols is 1. The molecule has 0 aliphatic rings. The maximum atomic E-state index is 12.8. The van der Waals surface area contributed by atoms with E-state index in [1.807, 2.05) is 27.7 Å². The maximum Gasteiger partial charge on any atom is 0.397 e. The van der Waals surface area contributed by atoms with Crippen molar-refractivity contribution in [2.24, 2.45) is 11.8 Å². The van der Waals surface area contributed by atoms with Crippen molar-refractivity contribution in [1.82, 2.24) is 5.32 Å². The summed E-state index contributed by atoms with van der Waals surface area (Å²) in [6.07, 6.45) is 0. The fourth-order valence-electron chi connectivity index (χ4n) is 3.32. The molecule has 2 aromatic carbocycles. The summed E-state index contributed by atoms with van der Waals surface area (Å²) in [6, 6.07) is 6.79. The first-order valence-corrected chi connectivity index (χ1v) is 11.5. The number of halogens is 2. The molecule has 8 nitrogen and oxygen atoms in total. The number of hydrogen-bond donors (Lipinski definition) is 3. The second kappa shape index (κ2) is 11.9. The Balaban J connectivity index is 2.25. The van der Waals surface area contributed by atoms with Crippen LogP contribution in [0.5, 0.6) is 17.2 Å². The molecule has 0 aliphatic carbocycles. The van der Waals surface area contributed by atoms with Gasteiger partial charge in [-0.25, -0.2) is 4.79 Å². The largest absolute Gasteiger partial charge is 0.507 e. The van der Waals surface area contributed by atoms with Crippen molar-refractivity contribution in [2.45, 2.75) is 40.7 Å². The molecule has 10 heteroatoms. The molecule has 0 spiro atoms. The first kappa shape index (κ1) is 27.3. The number of esters is 1. The van der Waals surface area contributed by atoms with Crippen molar-refractivity contribution in [3.05, 3.63) is 45.9 Å². The van der Waals surface area contributed by atoms with Gasteiger partial charge in [0.25, 0.3) is 5.91 Å². The highest BCUT2D eigenvalue weighted by molar-refractivity contribution is 6.39. The van der Waals surface area contributed by atoms with Gasteiger partial charge >= 0.3 is 11.9 Å². The van der Waals surface area contributed by atoms with Crippen molar-refractivity contribution in [3.63, 3.8) is 0 Å². The Kier molecular flexibility index (Phi) is 9.58. The molecule has 34 heavy (non-hydrogen) atoms. The number of amides is 2. The van der Waals surface area contributed by atoms with Crippen LogP contribution >= 0.6 is 23.2 Å². The molecule has 0 saturated carbocycles. The first-order chi connectivity index (χ1) is 15.9. The Morgan fingerprint density at radius 3 is 2.12 bits per heavy atom. The van der Waals surface area contributed by atoms with Crippen LogP contribution in [0.4, 0.5) is 5.69 Å². The van der Waals surface area contributed by atoms with E-state index in [9.17, 15) is 19.5 Å². The predicted molar refractivity (Wildman–Crippen MR) is 131 cm³/mol. The molecule has 3 N–H and O–H groups in total. The quantitative estimate of drug-likeness (QED) is 0.323. The van der Waals surface area contributed by atoms with E-state index in [2.05, 4.69) is 15.4 Å². The van der Waals surface area contributed by atoms with E-state index in [4.69, 9.17) is 27.9 Å². The van der Waals surface area contributed by atoms with E-state index in [0.717, 1.165) is 0 Å². The Morgan fingerprint density at radius 2 is 1.59 bits per heavy atom. The second-order valence-corrected chi connectivity index (χ2v) is 9.03. The average Bonchev–Trinajstić information content (AvgIpc) is 2.75. The van der Waals surface area contributed by atoms with Crippen LogP contribution in [0.15, 0.2) is 30.3 Å². The summed E-state index contributed by atoms with van der Waals surface area (Å²) in [5.74, 6) is -1.98. The summed E-state index contributed by atoms with van der Waals surface area (Å²) in [4.78, 5) is 36.1. The smallest absolute Gasteiger partial charge is 0.397 e. The average molecular weight is 511 g/mol. The normalized spacial score (nSPS) is 11.0. The number of rotatable bonds is 8. The number of anilines is 1. The summed E-state index contributed by atoms with van der Waals surface area (Å²) >= 11 is 12.6. The maximum absolute atomic E-state index is 12.8. The van der Waals surface area contributed by atoms with E-state index in [-0.39, 0.29) is 63.0 Å². The minimum atomic E-state index is -1.04. The molecular formula is C24H28Cl2N2O6. The van der Waals surface area contributed by atoms with Gasteiger partial charge in [-0.1, -0.05) is 50.9 Å². The van der Waals surface area contributed by atoms with Crippen molar-refractivity contribution >= 4 is 46.7 Å². The third-order valence-electron chi connectivity index (χ3n) is 4.88. The lowest BCUT2D eigenvalue weighted by molar-refractivity contribution is -0.152. The Bertz CT molecular complexity index is 1040. The zero-order chi connectivity index (χ0) is 25.6. The zero-order valence-corrected chi connectivity index (χ0v) is 21.1. The number of carbonyl (C=O) groups excluding carboxylic acids is 3. The van der Waals surface area contributed by atoms with Crippen LogP contribution < -0.4 is 15.4 Å². The lowest BCUT2D eigenvalue weighted by atomic mass is 9.93. The molecular weight excluding hydrogens is 483 g/mol. The van der Waals surface area contributed by atoms with E-state index in [1.165, 1.54) is 30.3 Å². The molecule has 0 radical (unpaired) electrons. The van der Waals surface area contributed by atoms with Crippen molar-refractivity contribution in [1.29, 1.82) is 0 Å². The highest BCUT2D eigenvalue weighted by Crippen LogP contribution is 2.39. The monoisotopic (exact) mass is 510 g/mol. The minimum absolute atomic E-state index is 0.0364. The van der Waals surface area contributed by atoms with Crippen LogP contribution in [0.3, 0.4) is 0 Å². The van der Waals surface area contributed by atoms with Crippen LogP contribution in [0.25, 0.3) is 0 Å². The van der Waals surface area contributed by atoms with Crippen LogP contribution in [0, 0.1) is 11.8 Å². The molecule has 2 rings (SSSR count). The molecule has 184 valence electrons. The molecule has 0 heterocycles. The van der Waals surface area contributed by atoms with Gasteiger partial charge in [-0.2, -0.15) is 0 Å². The van der Waals surface area contributed by atoms with Crippen LogP contribution in [0.2, 0.25) is 10.0 Å². The van der Waals surface area contributed by atoms with E-state index < -0.39 is 17.8 Å². The number of ether oxygens (including phenoxy) is 2. The summed E-state index contributed by atoms with van der Waals surface area (Å²) in [6.45, 7) is 9.67. The van der Waals surface area contributed by atoms with Gasteiger partial charge < -0.3 is 25.2 Å². The number of phenolic OH excluding ortho intramolecular Hbond substituents is 1. The molecule has 2 amide bonds. The van der Waals surface area contributed by atoms with Crippen molar-refractivity contribution < 1.29 is 29.0 Å². The van der Waals surface area contributed by atoms with E-state index >= 15 is 0 Å². The van der Waals surface area contributed by atoms with Gasteiger partial charge in [0.2, 0.25) is 0 Å². The van der Waals surface area contributed by atoms with Crippen molar-refractivity contribution in [2.75, 3.05) is 11.9 Å². The SMILES string of the molecule is CCOC(=O)C(=O)Nc1cc(Cl)c(Oc2ccc(O)c(C(=O)NC(C(C)C)C(C)C)c2)c(Cl)c1. The Labute approximate surface area is 208 Å². The molecule has 0 aromatic heterocycles. The number of hydrogen-bond acceptors (Lipinski definition) is 6. The summed E-state index contributed by atoms with van der Waals surface area (Å²) < 4.78 is 10.4. The molecule has 0 fully saturated rings. The third-order valence-corrected chi connectivity index (χ3v) is 5.45. The van der Waals surface area contributed by atoms with Gasteiger partial charge in [0.05, 0.1) is 22.2 Å². The molecule has 0 aliphatic heterocycles. The van der Waals surface area contributed by atoms with Gasteiger partial charge in [-0.15, -0.1) is 0 Å². The Hall–Kier alpha value is -2.97. The lowest BCUT2D eigenvalue weighted by Crippen LogP contribution is -2.42. The predicted octanol–water partition coefficient (Wildman–Crippen LogP) is 5.40. The van der Waals surface area contributed by atoms with E-state index in [1.54, 1.807) is 6.92 Å². The van der Waals surface area contributed by atoms with Crippen molar-refractivity contribution in [3.8, 4) is 17.2 Å². The fraction of sp³-hybridized carbons (Fsp3) is 0.375. The molecule has 2 aromatic rings. The standard InChI is InChI=1S/C24H28Cl2N2O6/c1-6-33-24(32)23(31)27-14-9-17(25)21(18(26)10-14)34-15-7-8-19(29)16(11-15)22(30)28-20(12(2)3)13(4)5/h7-13,20,29H,6H2,1-5H3,(H,27,31)(H,28,30). The zero-order valence-electron chi connectivity index (χ0n) is 19.6. The van der Waals surface area contributed by atoms with E-state index in [0.29, 0.717) is 0 Å². The second-order valence-electron chi connectivity index (χ2n) is 8.21. The van der Waals surface area contributed by atoms with Gasteiger partial charge in [-0.3, -0.25) is 9.59 Å². The van der Waals surface area contributed by atoms with Crippen LogP contribution in [0.1, 0.15) is 45.0 Å². The minimum Gasteiger partial charge on any atom is -0.507 e. The van der Waals surface area contributed by atoms with Gasteiger partial charge in [0.1, 0.15) is 11.5 Å².